The molecule has 18 aromatic carbocycles. The zero-order valence-corrected chi connectivity index (χ0v) is 83.1. The lowest BCUT2D eigenvalue weighted by Crippen LogP contribution is -2.10. The highest BCUT2D eigenvalue weighted by Gasteiger charge is 2.24. The van der Waals surface area contributed by atoms with Crippen molar-refractivity contribution < 1.29 is 4.42 Å². The lowest BCUT2D eigenvalue weighted by atomic mass is 10.0. The van der Waals surface area contributed by atoms with E-state index in [1.807, 2.05) is 118 Å². The Labute approximate surface area is 867 Å². The molecule has 0 aliphatic carbocycles. The van der Waals surface area contributed by atoms with Gasteiger partial charge < -0.3 is 19.1 Å². The number of hydrogen-bond acceptors (Lipinski definition) is 14. The van der Waals surface area contributed by atoms with Crippen molar-refractivity contribution in [3.8, 4) is 89.7 Å². The molecular formula is C133H84N8OS5. The number of anilines is 9. The number of nitrogens with zero attached hydrogens (tertiary/aromatic N) is 8. The van der Waals surface area contributed by atoms with E-state index in [-0.39, 0.29) is 0 Å². The average molecular weight is 1970 g/mol. The van der Waals surface area contributed by atoms with Crippen molar-refractivity contribution in [1.82, 2.24) is 24.9 Å². The lowest BCUT2D eigenvalue weighted by Gasteiger charge is -2.26. The van der Waals surface area contributed by atoms with Crippen LogP contribution < -0.4 is 14.7 Å². The minimum absolute atomic E-state index is 0.845. The molecular weight excluding hydrogens is 1890 g/mol. The van der Waals surface area contributed by atoms with Gasteiger partial charge in [0.25, 0.3) is 0 Å². The number of para-hydroxylation sites is 2. The highest BCUT2D eigenvalue weighted by molar-refractivity contribution is 7.28. The molecule has 147 heavy (non-hydrogen) atoms. The number of fused-ring (bicyclic) bond motifs is 18. The summed E-state index contributed by atoms with van der Waals surface area (Å²) in [6, 6.07) is 170. The Morgan fingerprint density at radius 1 is 0.150 bits per heavy atom. The highest BCUT2D eigenvalue weighted by atomic mass is 32.1. The number of furan rings is 1. The molecule has 0 unspecified atom stereocenters. The number of aromatic nitrogens is 5. The predicted molar refractivity (Wildman–Crippen MR) is 628 cm³/mol. The molecule has 0 fully saturated rings. The van der Waals surface area contributed by atoms with Crippen LogP contribution in [0.1, 0.15) is 0 Å². The Morgan fingerprint density at radius 3 is 0.878 bits per heavy atom. The fraction of sp³-hybridized carbons (Fsp3) is 0. The normalized spacial score (nSPS) is 11.5. The summed E-state index contributed by atoms with van der Waals surface area (Å²) in [5.41, 5.74) is 28.5. The van der Waals surface area contributed by atoms with Crippen LogP contribution in [0.3, 0.4) is 0 Å². The molecule has 0 radical (unpaired) electrons. The van der Waals surface area contributed by atoms with Crippen LogP contribution in [0.15, 0.2) is 515 Å². The lowest BCUT2D eigenvalue weighted by molar-refractivity contribution is 0.669. The van der Waals surface area contributed by atoms with E-state index < -0.39 is 0 Å². The summed E-state index contributed by atoms with van der Waals surface area (Å²) in [6.07, 6.45) is 9.87. The Hall–Kier alpha value is -18.0. The van der Waals surface area contributed by atoms with E-state index in [4.69, 9.17) is 29.3 Å². The fourth-order valence-electron chi connectivity index (χ4n) is 20.5. The van der Waals surface area contributed by atoms with Gasteiger partial charge in [0.1, 0.15) is 11.2 Å². The van der Waals surface area contributed by atoms with Gasteiger partial charge in [0.05, 0.1) is 52.2 Å². The maximum Gasteiger partial charge on any atom is 0.135 e. The van der Waals surface area contributed by atoms with Crippen LogP contribution in [0.2, 0.25) is 0 Å². The number of rotatable bonds is 17. The topological polar surface area (TPSA) is 87.3 Å². The van der Waals surface area contributed by atoms with Crippen LogP contribution in [0, 0.1) is 0 Å². The third-order valence-corrected chi connectivity index (χ3v) is 33.7. The molecule has 11 heterocycles. The van der Waals surface area contributed by atoms with Crippen LogP contribution in [-0.2, 0) is 0 Å². The molecule has 0 saturated heterocycles. The second kappa shape index (κ2) is 38.0. The van der Waals surface area contributed by atoms with Gasteiger partial charge in [0.15, 0.2) is 0 Å². The predicted octanol–water partition coefficient (Wildman–Crippen LogP) is 39.5. The van der Waals surface area contributed by atoms with Crippen LogP contribution in [0.4, 0.5) is 51.2 Å². The first-order chi connectivity index (χ1) is 72.8. The summed E-state index contributed by atoms with van der Waals surface area (Å²) >= 11 is 9.20. The third-order valence-electron chi connectivity index (χ3n) is 27.7. The fourth-order valence-corrected chi connectivity index (χ4v) is 26.4. The van der Waals surface area contributed by atoms with Crippen molar-refractivity contribution in [3.05, 3.63) is 510 Å². The first kappa shape index (κ1) is 88.0. The second-order valence-corrected chi connectivity index (χ2v) is 41.8. The van der Waals surface area contributed by atoms with Crippen molar-refractivity contribution in [2.24, 2.45) is 0 Å². The van der Waals surface area contributed by atoms with E-state index in [2.05, 4.69) is 464 Å². The number of hydrogen-bond donors (Lipinski definition) is 0. The zero-order chi connectivity index (χ0) is 97.2. The summed E-state index contributed by atoms with van der Waals surface area (Å²) in [7, 11) is 0. The SMILES string of the molecule is c1ccc(-c2ccc(N(c3ccc(-c4ccc(-c5cccc6c5sc5ccccc56)nc4)cc3)c3ccc4oc5ccccc5c4c3)cn2)cc1.c1ccc(-c2ccc(N(c3ccc(-c4ccc(-c5cccc6c5sc5ccccc56)nc4)cc3)c3ccc4sc5ccccc5c4c3)cc2)cc1.c1ccc(N(c2ccc(-c3ccc(-c4cccc5c4sc4ccccc45)cn3)nc2)c2ccc3sc4ccccc4c3c2)cc1. The minimum Gasteiger partial charge on any atom is -0.456 e. The van der Waals surface area contributed by atoms with E-state index in [1.54, 1.807) is 0 Å². The van der Waals surface area contributed by atoms with Crippen LogP contribution in [-0.4, -0.2) is 24.9 Å². The van der Waals surface area contributed by atoms with Gasteiger partial charge >= 0.3 is 0 Å². The first-order valence-corrected chi connectivity index (χ1v) is 53.1. The van der Waals surface area contributed by atoms with E-state index in [0.29, 0.717) is 0 Å². The van der Waals surface area contributed by atoms with Gasteiger partial charge in [-0.05, 0) is 204 Å². The summed E-state index contributed by atoms with van der Waals surface area (Å²) in [5.74, 6) is 0. The summed E-state index contributed by atoms with van der Waals surface area (Å²) < 4.78 is 19.1. The zero-order valence-electron chi connectivity index (χ0n) is 79.0. The van der Waals surface area contributed by atoms with Crippen LogP contribution in [0.5, 0.6) is 0 Å². The molecule has 11 aromatic heterocycles. The molecule has 692 valence electrons. The summed E-state index contributed by atoms with van der Waals surface area (Å²) in [6.45, 7) is 0. The van der Waals surface area contributed by atoms with E-state index >= 15 is 0 Å². The standard InChI is InChI=1S/C47H30N2S2.C46H29N3OS.C40H25N3S2/c1-2-9-31(10-3-1)32-17-22-35(23-18-32)49(37-26-28-46-42(29-37)39-12-5-6-15-44(39)50-46)36-24-19-33(20-25-36)34-21-27-43(48-30-34)41-14-8-13-40-38-11-4-7-16-45(38)51-47(40)41;1-2-9-31(10-3-1)41-25-22-35(29-48-41)49(34-23-26-44-40(27-34)36-11-4-6-15-43(36)50-44)33-20-17-30(18-21-33)32-19-24-42(47-28-32)39-14-8-13-38-37-12-5-7-16-45(37)51-46(38)39;1-2-9-27(10-3-1)43(28-19-22-39-34(23-28)32-12-5-6-15-37(32)44-39)29-18-21-36(42-25-29)35-20-17-26(24-41-35)30-13-8-14-33-31-11-4-7-16-38(31)45-40(30)33/h1-30H;1-29H;1-25H. The molecule has 0 bridgehead atoms. The maximum absolute atomic E-state index is 6.16. The number of benzene rings is 18. The molecule has 0 spiro atoms. The van der Waals surface area contributed by atoms with Crippen molar-refractivity contribution in [3.63, 3.8) is 0 Å². The van der Waals surface area contributed by atoms with Crippen molar-refractivity contribution in [1.29, 1.82) is 0 Å². The minimum atomic E-state index is 0.845. The largest absolute Gasteiger partial charge is 0.456 e. The molecule has 14 heteroatoms. The maximum atomic E-state index is 6.16. The van der Waals surface area contributed by atoms with Gasteiger partial charge in [0, 0.05) is 209 Å². The summed E-state index contributed by atoms with van der Waals surface area (Å²) in [5, 5.41) is 15.1. The van der Waals surface area contributed by atoms with Crippen molar-refractivity contribution in [2.45, 2.75) is 0 Å². The third kappa shape index (κ3) is 16.7. The molecule has 0 aliphatic rings. The molecule has 9 nitrogen and oxygen atoms in total. The Kier molecular flexibility index (Phi) is 22.8. The Balaban J connectivity index is 0.000000109. The monoisotopic (exact) mass is 1970 g/mol. The highest BCUT2D eigenvalue weighted by Crippen LogP contribution is 2.50. The van der Waals surface area contributed by atoms with E-state index in [0.717, 1.165) is 135 Å². The Morgan fingerprint density at radius 2 is 0.435 bits per heavy atom. The van der Waals surface area contributed by atoms with Gasteiger partial charge in [-0.3, -0.25) is 24.9 Å². The van der Waals surface area contributed by atoms with E-state index in [1.165, 1.54) is 129 Å². The van der Waals surface area contributed by atoms with Gasteiger partial charge in [-0.2, -0.15) is 0 Å². The molecule has 0 saturated carbocycles. The van der Waals surface area contributed by atoms with E-state index in [9.17, 15) is 0 Å². The Bertz CT molecular complexity index is 9570. The molecule has 0 amide bonds. The first-order valence-electron chi connectivity index (χ1n) is 49.0. The summed E-state index contributed by atoms with van der Waals surface area (Å²) in [4.78, 5) is 31.5. The number of pyridine rings is 5. The van der Waals surface area contributed by atoms with Crippen LogP contribution >= 0.6 is 56.7 Å². The van der Waals surface area contributed by atoms with Crippen molar-refractivity contribution in [2.75, 3.05) is 14.7 Å². The van der Waals surface area contributed by atoms with Crippen molar-refractivity contribution >= 4 is 231 Å². The van der Waals surface area contributed by atoms with Gasteiger partial charge in [-0.25, -0.2) is 0 Å². The molecule has 29 aromatic rings. The van der Waals surface area contributed by atoms with Gasteiger partial charge in [-0.1, -0.05) is 297 Å². The molecule has 0 aliphatic heterocycles. The van der Waals surface area contributed by atoms with Gasteiger partial charge in [-0.15, -0.1) is 56.7 Å². The van der Waals surface area contributed by atoms with Gasteiger partial charge in [0.2, 0.25) is 0 Å². The molecule has 29 rings (SSSR count). The average Bonchev–Trinajstić information content (AvgIpc) is 1.74. The molecule has 0 atom stereocenters. The molecule has 0 N–H and O–H groups in total. The second-order valence-electron chi connectivity index (χ2n) is 36.5. The quantitative estimate of drug-likeness (QED) is 0.0884. The number of thiophene rings is 5. The van der Waals surface area contributed by atoms with Crippen LogP contribution in [0.25, 0.3) is 212 Å². The smallest absolute Gasteiger partial charge is 0.135 e.